The van der Waals surface area contributed by atoms with Crippen LogP contribution in [0.25, 0.3) is 0 Å². The third-order valence-electron chi connectivity index (χ3n) is 3.20. The van der Waals surface area contributed by atoms with Crippen molar-refractivity contribution in [2.45, 2.75) is 33.2 Å². The molecule has 0 aliphatic rings. The van der Waals surface area contributed by atoms with E-state index in [1.54, 1.807) is 26.8 Å². The van der Waals surface area contributed by atoms with Crippen LogP contribution in [0.3, 0.4) is 0 Å². The molecule has 1 rings (SSSR count). The van der Waals surface area contributed by atoms with E-state index < -0.39 is 18.0 Å². The molecular weight excluding hydrogens is 275 g/mol. The van der Waals surface area contributed by atoms with Gasteiger partial charge >= 0.3 is 12.0 Å². The maximum absolute atomic E-state index is 13.0. The zero-order valence-electron chi connectivity index (χ0n) is 12.4. The number of aliphatic carboxylic acids is 1. The molecule has 0 radical (unpaired) electrons. The Balaban J connectivity index is 2.44. The molecule has 1 aromatic carbocycles. The summed E-state index contributed by atoms with van der Waals surface area (Å²) in [6.07, 6.45) is 0.555. The summed E-state index contributed by atoms with van der Waals surface area (Å²) in [7, 11) is 0. The van der Waals surface area contributed by atoms with Gasteiger partial charge in [-0.2, -0.15) is 0 Å². The van der Waals surface area contributed by atoms with E-state index >= 15 is 0 Å². The summed E-state index contributed by atoms with van der Waals surface area (Å²) in [6, 6.07) is 3.06. The molecule has 0 saturated carbocycles. The van der Waals surface area contributed by atoms with Gasteiger partial charge < -0.3 is 15.7 Å². The van der Waals surface area contributed by atoms with Crippen LogP contribution in [0.2, 0.25) is 0 Å². The molecule has 0 aliphatic heterocycles. The van der Waals surface area contributed by atoms with Crippen molar-refractivity contribution in [3.05, 3.63) is 35.1 Å². The molecule has 0 aromatic heterocycles. The predicted octanol–water partition coefficient (Wildman–Crippen LogP) is 2.09. The fourth-order valence-corrected chi connectivity index (χ4v) is 1.96. The van der Waals surface area contributed by atoms with Gasteiger partial charge in [-0.25, -0.2) is 14.0 Å². The predicted molar refractivity (Wildman–Crippen MR) is 77.6 cm³/mol. The van der Waals surface area contributed by atoms with E-state index in [0.29, 0.717) is 13.0 Å². The van der Waals surface area contributed by atoms with Crippen LogP contribution >= 0.6 is 0 Å². The van der Waals surface area contributed by atoms with Crippen LogP contribution < -0.4 is 10.6 Å². The molecule has 6 heteroatoms. The fraction of sp³-hybridized carbons (Fsp3) is 0.467. The molecule has 1 aromatic rings. The SMILES string of the molecule is Cc1cc(F)ccc1CCNC(=O)NC(C(=O)O)C(C)C. The van der Waals surface area contributed by atoms with Gasteiger partial charge in [-0.3, -0.25) is 0 Å². The average molecular weight is 296 g/mol. The third-order valence-corrected chi connectivity index (χ3v) is 3.20. The van der Waals surface area contributed by atoms with Crippen molar-refractivity contribution in [2.24, 2.45) is 5.92 Å². The first-order chi connectivity index (χ1) is 9.81. The Morgan fingerprint density at radius 3 is 2.52 bits per heavy atom. The van der Waals surface area contributed by atoms with Crippen molar-refractivity contribution in [2.75, 3.05) is 6.54 Å². The van der Waals surface area contributed by atoms with Crippen molar-refractivity contribution in [1.29, 1.82) is 0 Å². The van der Waals surface area contributed by atoms with E-state index in [4.69, 9.17) is 5.11 Å². The molecule has 0 fully saturated rings. The highest BCUT2D eigenvalue weighted by molar-refractivity contribution is 5.82. The van der Waals surface area contributed by atoms with Gasteiger partial charge in [0.05, 0.1) is 0 Å². The summed E-state index contributed by atoms with van der Waals surface area (Å²) in [5, 5.41) is 14.0. The van der Waals surface area contributed by atoms with Crippen molar-refractivity contribution in [3.8, 4) is 0 Å². The average Bonchev–Trinajstić information content (AvgIpc) is 2.37. The van der Waals surface area contributed by atoms with Crippen LogP contribution in [-0.4, -0.2) is 29.7 Å². The Hall–Kier alpha value is -2.11. The summed E-state index contributed by atoms with van der Waals surface area (Å²) in [5.41, 5.74) is 1.76. The van der Waals surface area contributed by atoms with Gasteiger partial charge in [0.1, 0.15) is 11.9 Å². The minimum Gasteiger partial charge on any atom is -0.480 e. The summed E-state index contributed by atoms with van der Waals surface area (Å²) in [5.74, 6) is -1.55. The molecule has 0 saturated heterocycles. The van der Waals surface area contributed by atoms with Crippen LogP contribution in [-0.2, 0) is 11.2 Å². The molecule has 0 aliphatic carbocycles. The lowest BCUT2D eigenvalue weighted by atomic mass is 10.1. The highest BCUT2D eigenvalue weighted by Gasteiger charge is 2.23. The van der Waals surface area contributed by atoms with E-state index in [2.05, 4.69) is 10.6 Å². The van der Waals surface area contributed by atoms with Gasteiger partial charge in [-0.05, 0) is 42.5 Å². The number of hydrogen-bond acceptors (Lipinski definition) is 2. The topological polar surface area (TPSA) is 78.4 Å². The number of aryl methyl sites for hydroxylation is 1. The molecule has 0 spiro atoms. The van der Waals surface area contributed by atoms with Gasteiger partial charge in [0.25, 0.3) is 0 Å². The lowest BCUT2D eigenvalue weighted by Gasteiger charge is -2.18. The maximum Gasteiger partial charge on any atom is 0.326 e. The molecule has 3 N–H and O–H groups in total. The number of nitrogens with one attached hydrogen (secondary N) is 2. The molecule has 0 bridgehead atoms. The Kier molecular flexibility index (Phi) is 6.14. The molecule has 21 heavy (non-hydrogen) atoms. The van der Waals surface area contributed by atoms with E-state index in [0.717, 1.165) is 11.1 Å². The first-order valence-electron chi connectivity index (χ1n) is 6.83. The van der Waals surface area contributed by atoms with Crippen LogP contribution in [0.1, 0.15) is 25.0 Å². The zero-order chi connectivity index (χ0) is 16.0. The monoisotopic (exact) mass is 296 g/mol. The van der Waals surface area contributed by atoms with Gasteiger partial charge in [-0.15, -0.1) is 0 Å². The lowest BCUT2D eigenvalue weighted by molar-refractivity contribution is -0.140. The number of carbonyl (C=O) groups excluding carboxylic acids is 1. The van der Waals surface area contributed by atoms with Crippen molar-refractivity contribution < 1.29 is 19.1 Å². The van der Waals surface area contributed by atoms with Gasteiger partial charge in [0, 0.05) is 6.54 Å². The summed E-state index contributed by atoms with van der Waals surface area (Å²) < 4.78 is 13.0. The summed E-state index contributed by atoms with van der Waals surface area (Å²) in [4.78, 5) is 22.6. The van der Waals surface area contributed by atoms with Crippen LogP contribution in [0.5, 0.6) is 0 Å². The Morgan fingerprint density at radius 2 is 2.00 bits per heavy atom. The summed E-state index contributed by atoms with van der Waals surface area (Å²) in [6.45, 7) is 5.60. The second kappa shape index (κ2) is 7.61. The standard InChI is InChI=1S/C15H21FN2O3/c1-9(2)13(14(19)20)18-15(21)17-7-6-11-4-5-12(16)8-10(11)3/h4-5,8-9,13H,6-7H2,1-3H3,(H,19,20)(H2,17,18,21). The molecule has 0 heterocycles. The minimum absolute atomic E-state index is 0.201. The molecule has 1 atom stereocenters. The van der Waals surface area contributed by atoms with E-state index in [-0.39, 0.29) is 11.7 Å². The molecule has 1 unspecified atom stereocenters. The second-order valence-corrected chi connectivity index (χ2v) is 5.28. The minimum atomic E-state index is -1.06. The number of carboxylic acids is 1. The van der Waals surface area contributed by atoms with Crippen LogP contribution in [0.4, 0.5) is 9.18 Å². The molecule has 2 amide bonds. The van der Waals surface area contributed by atoms with Crippen molar-refractivity contribution in [1.82, 2.24) is 10.6 Å². The normalized spacial score (nSPS) is 12.0. The summed E-state index contributed by atoms with van der Waals surface area (Å²) >= 11 is 0. The zero-order valence-corrected chi connectivity index (χ0v) is 12.4. The number of hydrogen-bond donors (Lipinski definition) is 3. The number of rotatable bonds is 6. The van der Waals surface area contributed by atoms with Gasteiger partial charge in [0.2, 0.25) is 0 Å². The number of halogens is 1. The largest absolute Gasteiger partial charge is 0.480 e. The molecular formula is C15H21FN2O3. The fourth-order valence-electron chi connectivity index (χ4n) is 1.96. The number of carboxylic acid groups (broad SMARTS) is 1. The van der Waals surface area contributed by atoms with E-state index in [9.17, 15) is 14.0 Å². The Morgan fingerprint density at radius 1 is 1.33 bits per heavy atom. The maximum atomic E-state index is 13.0. The third kappa shape index (κ3) is 5.41. The first-order valence-corrected chi connectivity index (χ1v) is 6.83. The number of urea groups is 1. The molecule has 5 nitrogen and oxygen atoms in total. The highest BCUT2D eigenvalue weighted by atomic mass is 19.1. The number of benzene rings is 1. The van der Waals surface area contributed by atoms with Gasteiger partial charge in [0.15, 0.2) is 0 Å². The van der Waals surface area contributed by atoms with Crippen LogP contribution in [0, 0.1) is 18.7 Å². The second-order valence-electron chi connectivity index (χ2n) is 5.28. The van der Waals surface area contributed by atoms with E-state index in [1.165, 1.54) is 12.1 Å². The van der Waals surface area contributed by atoms with Crippen molar-refractivity contribution >= 4 is 12.0 Å². The molecule has 116 valence electrons. The number of amides is 2. The van der Waals surface area contributed by atoms with Gasteiger partial charge in [-0.1, -0.05) is 19.9 Å². The van der Waals surface area contributed by atoms with Crippen molar-refractivity contribution in [3.63, 3.8) is 0 Å². The Bertz CT molecular complexity index is 518. The number of carbonyl (C=O) groups is 2. The quantitative estimate of drug-likeness (QED) is 0.752. The highest BCUT2D eigenvalue weighted by Crippen LogP contribution is 2.10. The smallest absolute Gasteiger partial charge is 0.326 e. The van der Waals surface area contributed by atoms with Crippen LogP contribution in [0.15, 0.2) is 18.2 Å². The lowest BCUT2D eigenvalue weighted by Crippen LogP contribution is -2.48. The Labute approximate surface area is 123 Å². The van der Waals surface area contributed by atoms with E-state index in [1.807, 2.05) is 0 Å². The first kappa shape index (κ1) is 16.9.